The van der Waals surface area contributed by atoms with E-state index < -0.39 is 0 Å². The molecule has 1 aliphatic carbocycles. The van der Waals surface area contributed by atoms with Gasteiger partial charge in [0.1, 0.15) is 0 Å². The minimum absolute atomic E-state index is 0.401. The predicted molar refractivity (Wildman–Crippen MR) is 55.8 cm³/mol. The van der Waals surface area contributed by atoms with Crippen molar-refractivity contribution in [2.45, 2.75) is 25.3 Å². The third kappa shape index (κ3) is 2.42. The van der Waals surface area contributed by atoms with Crippen LogP contribution in [0.5, 0.6) is 0 Å². The van der Waals surface area contributed by atoms with Crippen LogP contribution in [0.3, 0.4) is 0 Å². The summed E-state index contributed by atoms with van der Waals surface area (Å²) in [6.07, 6.45) is 6.99. The molecule has 1 aromatic heterocycles. The zero-order chi connectivity index (χ0) is 9.80. The van der Waals surface area contributed by atoms with Crippen molar-refractivity contribution in [2.24, 2.45) is 11.7 Å². The highest BCUT2D eigenvalue weighted by Crippen LogP contribution is 2.23. The van der Waals surface area contributed by atoms with Gasteiger partial charge in [0.15, 0.2) is 0 Å². The molecule has 1 aliphatic rings. The van der Waals surface area contributed by atoms with Gasteiger partial charge in [-0.3, -0.25) is 0 Å². The summed E-state index contributed by atoms with van der Waals surface area (Å²) in [5.41, 5.74) is 5.84. The molecular formula is C10H16N4. The van der Waals surface area contributed by atoms with Crippen LogP contribution >= 0.6 is 0 Å². The normalized spacial score (nSPS) is 26.4. The van der Waals surface area contributed by atoms with Crippen molar-refractivity contribution in [3.8, 4) is 0 Å². The summed E-state index contributed by atoms with van der Waals surface area (Å²) in [7, 11) is 0. The van der Waals surface area contributed by atoms with Crippen LogP contribution in [0.2, 0.25) is 0 Å². The van der Waals surface area contributed by atoms with Gasteiger partial charge in [0.05, 0.1) is 0 Å². The fraction of sp³-hybridized carbons (Fsp3) is 0.600. The van der Waals surface area contributed by atoms with Gasteiger partial charge < -0.3 is 11.1 Å². The predicted octanol–water partition coefficient (Wildman–Crippen LogP) is 1.02. The summed E-state index contributed by atoms with van der Waals surface area (Å²) >= 11 is 0. The molecular weight excluding hydrogens is 176 g/mol. The largest absolute Gasteiger partial charge is 0.354 e. The molecule has 0 spiro atoms. The van der Waals surface area contributed by atoms with Gasteiger partial charge in [0, 0.05) is 25.0 Å². The standard InChI is InChI=1S/C10H16N4/c11-9-3-2-8(6-9)7-14-10-12-4-1-5-13-10/h1,4-5,8-9H,2-3,6-7,11H2,(H,12,13,14)/t8-,9+/m0/s1. The number of hydrogen-bond acceptors (Lipinski definition) is 4. The fourth-order valence-corrected chi connectivity index (χ4v) is 1.93. The third-order valence-corrected chi connectivity index (χ3v) is 2.70. The number of nitrogens with two attached hydrogens (primary N) is 1. The van der Waals surface area contributed by atoms with E-state index in [0.717, 1.165) is 19.4 Å². The molecule has 0 saturated heterocycles. The topological polar surface area (TPSA) is 63.8 Å². The number of anilines is 1. The molecule has 4 heteroatoms. The Morgan fingerprint density at radius 2 is 2.14 bits per heavy atom. The first-order valence-electron chi connectivity index (χ1n) is 5.11. The van der Waals surface area contributed by atoms with Crippen molar-refractivity contribution in [1.29, 1.82) is 0 Å². The van der Waals surface area contributed by atoms with Crippen molar-refractivity contribution in [1.82, 2.24) is 9.97 Å². The highest BCUT2D eigenvalue weighted by molar-refractivity contribution is 5.22. The molecule has 2 rings (SSSR count). The highest BCUT2D eigenvalue weighted by Gasteiger charge is 2.21. The molecule has 1 heterocycles. The molecule has 4 nitrogen and oxygen atoms in total. The molecule has 0 amide bonds. The van der Waals surface area contributed by atoms with E-state index in [1.165, 1.54) is 6.42 Å². The lowest BCUT2D eigenvalue weighted by Gasteiger charge is -2.10. The molecule has 14 heavy (non-hydrogen) atoms. The first-order valence-corrected chi connectivity index (χ1v) is 5.11. The summed E-state index contributed by atoms with van der Waals surface area (Å²) in [6.45, 7) is 0.942. The van der Waals surface area contributed by atoms with Crippen LogP contribution in [-0.2, 0) is 0 Å². The Morgan fingerprint density at radius 3 is 2.79 bits per heavy atom. The van der Waals surface area contributed by atoms with Gasteiger partial charge >= 0.3 is 0 Å². The zero-order valence-corrected chi connectivity index (χ0v) is 8.19. The monoisotopic (exact) mass is 192 g/mol. The second kappa shape index (κ2) is 4.37. The van der Waals surface area contributed by atoms with Crippen molar-refractivity contribution >= 4 is 5.95 Å². The maximum Gasteiger partial charge on any atom is 0.222 e. The van der Waals surface area contributed by atoms with Crippen LogP contribution in [0.25, 0.3) is 0 Å². The van der Waals surface area contributed by atoms with Crippen LogP contribution in [0.4, 0.5) is 5.95 Å². The van der Waals surface area contributed by atoms with Crippen molar-refractivity contribution in [3.05, 3.63) is 18.5 Å². The summed E-state index contributed by atoms with van der Waals surface area (Å²) in [5.74, 6) is 1.40. The molecule has 0 aromatic carbocycles. The lowest BCUT2D eigenvalue weighted by molar-refractivity contribution is 0.564. The second-order valence-electron chi connectivity index (χ2n) is 3.89. The Bertz CT molecular complexity index is 275. The zero-order valence-electron chi connectivity index (χ0n) is 8.19. The average molecular weight is 192 g/mol. The third-order valence-electron chi connectivity index (χ3n) is 2.70. The molecule has 1 saturated carbocycles. The number of nitrogens with one attached hydrogen (secondary N) is 1. The van der Waals surface area contributed by atoms with Gasteiger partial charge in [-0.1, -0.05) is 0 Å². The molecule has 0 aliphatic heterocycles. The van der Waals surface area contributed by atoms with E-state index in [9.17, 15) is 0 Å². The molecule has 0 unspecified atom stereocenters. The average Bonchev–Trinajstić information content (AvgIpc) is 2.63. The highest BCUT2D eigenvalue weighted by atomic mass is 15.1. The first kappa shape index (κ1) is 9.40. The van der Waals surface area contributed by atoms with Gasteiger partial charge in [-0.25, -0.2) is 9.97 Å². The molecule has 0 radical (unpaired) electrons. The van der Waals surface area contributed by atoms with E-state index in [-0.39, 0.29) is 0 Å². The SMILES string of the molecule is N[C@@H]1CC[C@H](CNc2ncccn2)C1. The Kier molecular flexibility index (Phi) is 2.93. The van der Waals surface area contributed by atoms with E-state index >= 15 is 0 Å². The Balaban J connectivity index is 1.78. The number of aromatic nitrogens is 2. The van der Waals surface area contributed by atoms with Crippen LogP contribution in [0, 0.1) is 5.92 Å². The summed E-state index contributed by atoms with van der Waals surface area (Å²) in [5, 5.41) is 3.23. The number of rotatable bonds is 3. The molecule has 1 fully saturated rings. The first-order chi connectivity index (χ1) is 6.84. The lowest BCUT2D eigenvalue weighted by Crippen LogP contribution is -2.18. The van der Waals surface area contributed by atoms with Gasteiger partial charge in [-0.15, -0.1) is 0 Å². The maximum absolute atomic E-state index is 5.84. The lowest BCUT2D eigenvalue weighted by atomic mass is 10.1. The number of nitrogens with zero attached hydrogens (tertiary/aromatic N) is 2. The van der Waals surface area contributed by atoms with Gasteiger partial charge in [-0.05, 0) is 31.2 Å². The quantitative estimate of drug-likeness (QED) is 0.750. The van der Waals surface area contributed by atoms with Crippen LogP contribution in [-0.4, -0.2) is 22.6 Å². The van der Waals surface area contributed by atoms with Crippen molar-refractivity contribution in [2.75, 3.05) is 11.9 Å². The van der Waals surface area contributed by atoms with E-state index in [1.807, 2.05) is 6.07 Å². The Hall–Kier alpha value is -1.16. The Labute approximate surface area is 83.9 Å². The van der Waals surface area contributed by atoms with E-state index in [2.05, 4.69) is 15.3 Å². The summed E-state index contributed by atoms with van der Waals surface area (Å²) in [6, 6.07) is 2.22. The maximum atomic E-state index is 5.84. The van der Waals surface area contributed by atoms with Gasteiger partial charge in [-0.2, -0.15) is 0 Å². The van der Waals surface area contributed by atoms with Crippen LogP contribution in [0.1, 0.15) is 19.3 Å². The Morgan fingerprint density at radius 1 is 1.36 bits per heavy atom. The van der Waals surface area contributed by atoms with Crippen molar-refractivity contribution < 1.29 is 0 Å². The van der Waals surface area contributed by atoms with Crippen molar-refractivity contribution in [3.63, 3.8) is 0 Å². The molecule has 0 bridgehead atoms. The molecule has 2 atom stereocenters. The van der Waals surface area contributed by atoms with Crippen LogP contribution in [0.15, 0.2) is 18.5 Å². The molecule has 3 N–H and O–H groups in total. The fourth-order valence-electron chi connectivity index (χ4n) is 1.93. The van der Waals surface area contributed by atoms with E-state index in [1.54, 1.807) is 12.4 Å². The van der Waals surface area contributed by atoms with Gasteiger partial charge in [0.2, 0.25) is 5.95 Å². The summed E-state index contributed by atoms with van der Waals surface area (Å²) in [4.78, 5) is 8.21. The minimum Gasteiger partial charge on any atom is -0.354 e. The van der Waals surface area contributed by atoms with E-state index in [4.69, 9.17) is 5.73 Å². The second-order valence-corrected chi connectivity index (χ2v) is 3.89. The van der Waals surface area contributed by atoms with Crippen LogP contribution < -0.4 is 11.1 Å². The smallest absolute Gasteiger partial charge is 0.222 e. The molecule has 1 aromatic rings. The van der Waals surface area contributed by atoms with E-state index in [0.29, 0.717) is 17.9 Å². The molecule has 76 valence electrons. The minimum atomic E-state index is 0.401. The number of hydrogen-bond donors (Lipinski definition) is 2. The van der Waals surface area contributed by atoms with Gasteiger partial charge in [0.25, 0.3) is 0 Å². The summed E-state index contributed by atoms with van der Waals surface area (Å²) < 4.78 is 0.